The molecule has 2 bridgehead atoms. The molecule has 4 rings (SSSR count). The number of fused-ring (bicyclic) bond motifs is 4. The number of alkyl carbamates (subject to hydrolysis) is 1. The second-order valence-electron chi connectivity index (χ2n) is 9.22. The molecule has 0 saturated carbocycles. The Labute approximate surface area is 188 Å². The Hall–Kier alpha value is -2.24. The first-order valence-electron chi connectivity index (χ1n) is 11.1. The molecular formula is C22H32N4O6. The van der Waals surface area contributed by atoms with Crippen LogP contribution in [0.1, 0.15) is 39.2 Å². The van der Waals surface area contributed by atoms with Gasteiger partial charge in [0.2, 0.25) is 0 Å². The van der Waals surface area contributed by atoms with Crippen LogP contribution in [-0.2, 0) is 30.6 Å². The molecule has 0 aromatic heterocycles. The quantitative estimate of drug-likeness (QED) is 0.350. The molecule has 10 nitrogen and oxygen atoms in total. The summed E-state index contributed by atoms with van der Waals surface area (Å²) in [5.41, 5.74) is 3.05. The predicted octanol–water partition coefficient (Wildman–Crippen LogP) is 1.52. The van der Waals surface area contributed by atoms with E-state index in [4.69, 9.17) is 19.1 Å². The fourth-order valence-corrected chi connectivity index (χ4v) is 4.09. The first-order valence-corrected chi connectivity index (χ1v) is 11.1. The van der Waals surface area contributed by atoms with Crippen molar-refractivity contribution in [1.29, 1.82) is 0 Å². The van der Waals surface area contributed by atoms with Crippen molar-refractivity contribution in [3.05, 3.63) is 35.9 Å². The van der Waals surface area contributed by atoms with Crippen molar-refractivity contribution < 1.29 is 28.7 Å². The summed E-state index contributed by atoms with van der Waals surface area (Å²) in [6.07, 6.45) is 0.707. The molecule has 176 valence electrons. The van der Waals surface area contributed by atoms with Gasteiger partial charge >= 0.3 is 6.09 Å². The number of nitrogens with zero attached hydrogens (tertiary/aromatic N) is 2. The average Bonchev–Trinajstić information content (AvgIpc) is 3.54. The molecular weight excluding hydrogens is 416 g/mol. The highest BCUT2D eigenvalue weighted by atomic mass is 16.8. The van der Waals surface area contributed by atoms with Crippen molar-refractivity contribution in [1.82, 2.24) is 20.8 Å². The maximum atomic E-state index is 12.6. The molecule has 1 aromatic carbocycles. The standard InChI is InChI=1S/C22H32N4O6/c1-22(2,3)32-21(28)23-11-12-29-24-18(27)17-10-9-16-13-25(17)19-20(31-19)26(16)30-14-15-7-5-4-6-8-15/h4-8,16-17,19-20H,9-14H2,1-3H3,(H,23,28)(H,24,27)/t16-,17+,19?,20?/m1/s1. The molecule has 3 fully saturated rings. The zero-order chi connectivity index (χ0) is 22.7. The SMILES string of the molecule is CC(C)(C)OC(=O)NCCONC(=O)[C@@H]1CC[C@@H]2CN1C1OC1N2OCc1ccccc1. The van der Waals surface area contributed by atoms with Crippen LogP contribution in [0.25, 0.3) is 0 Å². The Balaban J connectivity index is 1.18. The number of epoxide rings is 1. The highest BCUT2D eigenvalue weighted by Crippen LogP contribution is 2.42. The topological polar surface area (TPSA) is 105 Å². The number of carbonyl (C=O) groups excluding carboxylic acids is 2. The summed E-state index contributed by atoms with van der Waals surface area (Å²) >= 11 is 0. The number of rotatable bonds is 8. The molecule has 3 heterocycles. The van der Waals surface area contributed by atoms with E-state index in [1.165, 1.54) is 0 Å². The average molecular weight is 449 g/mol. The Bertz CT molecular complexity index is 801. The first-order chi connectivity index (χ1) is 15.3. The van der Waals surface area contributed by atoms with Crippen LogP contribution in [0.2, 0.25) is 0 Å². The number of piperidine rings is 1. The van der Waals surface area contributed by atoms with Gasteiger partial charge < -0.3 is 14.8 Å². The summed E-state index contributed by atoms with van der Waals surface area (Å²) < 4.78 is 11.0. The lowest BCUT2D eigenvalue weighted by Gasteiger charge is -2.44. The number of benzene rings is 1. The van der Waals surface area contributed by atoms with Crippen molar-refractivity contribution >= 4 is 12.0 Å². The van der Waals surface area contributed by atoms with E-state index in [-0.39, 0.29) is 43.6 Å². The Morgan fingerprint density at radius 1 is 1.16 bits per heavy atom. The van der Waals surface area contributed by atoms with E-state index in [9.17, 15) is 9.59 Å². The lowest BCUT2D eigenvalue weighted by Crippen LogP contribution is -2.62. The van der Waals surface area contributed by atoms with Gasteiger partial charge in [0.05, 0.1) is 25.3 Å². The maximum Gasteiger partial charge on any atom is 0.407 e. The number of amides is 2. The lowest BCUT2D eigenvalue weighted by molar-refractivity contribution is -0.239. The molecule has 3 unspecified atom stereocenters. The summed E-state index contributed by atoms with van der Waals surface area (Å²) in [7, 11) is 0. The smallest absolute Gasteiger partial charge is 0.407 e. The summed E-state index contributed by atoms with van der Waals surface area (Å²) in [5, 5.41) is 4.54. The van der Waals surface area contributed by atoms with E-state index in [2.05, 4.69) is 15.7 Å². The van der Waals surface area contributed by atoms with Gasteiger partial charge in [0.15, 0.2) is 12.5 Å². The molecule has 0 aliphatic carbocycles. The van der Waals surface area contributed by atoms with Crippen LogP contribution in [-0.4, -0.2) is 71.8 Å². The van der Waals surface area contributed by atoms with E-state index in [1.54, 1.807) is 20.8 Å². The zero-order valence-corrected chi connectivity index (χ0v) is 18.8. The highest BCUT2D eigenvalue weighted by Gasteiger charge is 2.59. The molecule has 5 atom stereocenters. The van der Waals surface area contributed by atoms with Crippen LogP contribution in [0.3, 0.4) is 0 Å². The molecule has 2 amide bonds. The van der Waals surface area contributed by atoms with Gasteiger partial charge in [0.25, 0.3) is 5.91 Å². The molecule has 0 radical (unpaired) electrons. The van der Waals surface area contributed by atoms with E-state index in [0.29, 0.717) is 19.6 Å². The van der Waals surface area contributed by atoms with Gasteiger partial charge in [0.1, 0.15) is 5.60 Å². The third kappa shape index (κ3) is 5.76. The van der Waals surface area contributed by atoms with Gasteiger partial charge in [-0.15, -0.1) is 0 Å². The van der Waals surface area contributed by atoms with Gasteiger partial charge in [-0.1, -0.05) is 30.3 Å². The molecule has 2 N–H and O–H groups in total. The predicted molar refractivity (Wildman–Crippen MR) is 114 cm³/mol. The van der Waals surface area contributed by atoms with Crippen molar-refractivity contribution in [3.63, 3.8) is 0 Å². The van der Waals surface area contributed by atoms with Crippen molar-refractivity contribution in [2.24, 2.45) is 0 Å². The van der Waals surface area contributed by atoms with E-state index in [0.717, 1.165) is 12.0 Å². The molecule has 3 aliphatic heterocycles. The number of carbonyl (C=O) groups is 2. The van der Waals surface area contributed by atoms with E-state index >= 15 is 0 Å². The minimum absolute atomic E-state index is 0.143. The fraction of sp³-hybridized carbons (Fsp3) is 0.636. The fourth-order valence-electron chi connectivity index (χ4n) is 4.09. The summed E-state index contributed by atoms with van der Waals surface area (Å²) in [5.74, 6) is -0.200. The lowest BCUT2D eigenvalue weighted by atomic mass is 9.95. The van der Waals surface area contributed by atoms with E-state index in [1.807, 2.05) is 35.4 Å². The molecule has 32 heavy (non-hydrogen) atoms. The molecule has 3 saturated heterocycles. The number of piperazine rings is 1. The first kappa shape index (κ1) is 22.9. The summed E-state index contributed by atoms with van der Waals surface area (Å²) in [6.45, 7) is 6.95. The van der Waals surface area contributed by atoms with Crippen molar-refractivity contribution in [3.8, 4) is 0 Å². The second kappa shape index (κ2) is 9.72. The van der Waals surface area contributed by atoms with Gasteiger partial charge in [-0.3, -0.25) is 19.4 Å². The Kier molecular flexibility index (Phi) is 6.96. The van der Waals surface area contributed by atoms with Gasteiger partial charge in [0, 0.05) is 13.1 Å². The molecule has 1 aromatic rings. The van der Waals surface area contributed by atoms with Crippen molar-refractivity contribution in [2.45, 2.75) is 70.4 Å². The summed E-state index contributed by atoms with van der Waals surface area (Å²) in [6, 6.07) is 9.91. The van der Waals surface area contributed by atoms with Gasteiger partial charge in [-0.05, 0) is 39.2 Å². The van der Waals surface area contributed by atoms with Crippen LogP contribution in [0.4, 0.5) is 4.79 Å². The number of hydroxylamine groups is 3. The largest absolute Gasteiger partial charge is 0.444 e. The monoisotopic (exact) mass is 448 g/mol. The molecule has 0 spiro atoms. The number of ether oxygens (including phenoxy) is 2. The molecule has 3 aliphatic rings. The normalized spacial score (nSPS) is 29.0. The van der Waals surface area contributed by atoms with Gasteiger partial charge in [-0.25, -0.2) is 10.3 Å². The number of nitrogens with one attached hydrogen (secondary N) is 2. The van der Waals surface area contributed by atoms with E-state index < -0.39 is 11.7 Å². The van der Waals surface area contributed by atoms with Crippen LogP contribution < -0.4 is 10.8 Å². The minimum Gasteiger partial charge on any atom is -0.444 e. The maximum absolute atomic E-state index is 12.6. The second-order valence-corrected chi connectivity index (χ2v) is 9.22. The Morgan fingerprint density at radius 3 is 2.69 bits per heavy atom. The Morgan fingerprint density at radius 2 is 1.94 bits per heavy atom. The van der Waals surface area contributed by atoms with Gasteiger partial charge in [-0.2, -0.15) is 5.06 Å². The third-order valence-corrected chi connectivity index (χ3v) is 5.55. The zero-order valence-electron chi connectivity index (χ0n) is 18.8. The number of hydrogen-bond donors (Lipinski definition) is 2. The van der Waals surface area contributed by atoms with Crippen LogP contribution in [0.5, 0.6) is 0 Å². The highest BCUT2D eigenvalue weighted by molar-refractivity contribution is 5.81. The number of hydrogen-bond acceptors (Lipinski definition) is 8. The van der Waals surface area contributed by atoms with Crippen LogP contribution >= 0.6 is 0 Å². The van der Waals surface area contributed by atoms with Crippen molar-refractivity contribution in [2.75, 3.05) is 19.7 Å². The summed E-state index contributed by atoms with van der Waals surface area (Å²) in [4.78, 5) is 37.6. The third-order valence-electron chi connectivity index (χ3n) is 5.55. The molecule has 10 heteroatoms. The van der Waals surface area contributed by atoms with Crippen LogP contribution in [0.15, 0.2) is 30.3 Å². The van der Waals surface area contributed by atoms with Crippen LogP contribution in [0, 0.1) is 0 Å². The minimum atomic E-state index is -0.558.